The van der Waals surface area contributed by atoms with Gasteiger partial charge in [-0.1, -0.05) is 148 Å². The number of benzene rings is 3. The number of nitrogens with zero attached hydrogens (tertiary/aromatic N) is 1. The van der Waals surface area contributed by atoms with Gasteiger partial charge in [-0.3, -0.25) is 0 Å². The first-order chi connectivity index (χ1) is 17.7. The van der Waals surface area contributed by atoms with Crippen molar-refractivity contribution >= 4 is 32.3 Å². The second-order valence-electron chi connectivity index (χ2n) is 11.8. The van der Waals surface area contributed by atoms with Crippen molar-refractivity contribution in [1.82, 2.24) is 4.57 Å². The molecule has 0 aliphatic rings. The molecule has 0 aliphatic carbocycles. The number of rotatable bonds is 14. The summed E-state index contributed by atoms with van der Waals surface area (Å²) in [4.78, 5) is 0. The first kappa shape index (κ1) is 29.2. The Hall–Kier alpha value is -2.37. The molecule has 0 aromatic heterocycles. The Kier molecular flexibility index (Phi) is 11.0. The van der Waals surface area contributed by atoms with E-state index in [0.717, 1.165) is 12.6 Å². The molecule has 1 nitrogen and oxygen atoms in total. The molecular weight excluding hydrogens is 479 g/mol. The average molecular weight is 528 g/mol. The van der Waals surface area contributed by atoms with E-state index in [1.165, 1.54) is 65.6 Å². The van der Waals surface area contributed by atoms with Gasteiger partial charge in [-0.2, -0.15) is 0 Å². The van der Waals surface area contributed by atoms with Crippen LogP contribution < -0.4 is 10.4 Å². The number of hydrogen-bond donors (Lipinski definition) is 0. The molecule has 3 aromatic carbocycles. The summed E-state index contributed by atoms with van der Waals surface area (Å²) in [5.41, 5.74) is 4.21. The van der Waals surface area contributed by atoms with Gasteiger partial charge in [0, 0.05) is 6.54 Å². The summed E-state index contributed by atoms with van der Waals surface area (Å²) in [5, 5.41) is 3.05. The highest BCUT2D eigenvalue weighted by Crippen LogP contribution is 2.28. The second kappa shape index (κ2) is 14.0. The Bertz CT molecular complexity index is 1090. The molecule has 0 spiro atoms. The minimum Gasteiger partial charge on any atom is -0.399 e. The van der Waals surface area contributed by atoms with E-state index in [9.17, 15) is 0 Å². The van der Waals surface area contributed by atoms with Gasteiger partial charge >= 0.3 is 0 Å². The molecule has 0 bridgehead atoms. The van der Waals surface area contributed by atoms with E-state index < -0.39 is 16.3 Å². The molecule has 0 aliphatic heterocycles. The molecule has 0 N–H and O–H groups in total. The van der Waals surface area contributed by atoms with E-state index in [1.54, 1.807) is 0 Å². The maximum atomic E-state index is 2.78. The third kappa shape index (κ3) is 8.58. The van der Waals surface area contributed by atoms with Crippen LogP contribution in [0, 0.1) is 6.92 Å². The van der Waals surface area contributed by atoms with Crippen LogP contribution in [-0.2, 0) is 0 Å². The van der Waals surface area contributed by atoms with Crippen LogP contribution in [-0.4, -0.2) is 27.4 Å². The van der Waals surface area contributed by atoms with Gasteiger partial charge in [0.2, 0.25) is 0 Å². The van der Waals surface area contributed by atoms with Crippen molar-refractivity contribution in [2.24, 2.45) is 0 Å². The van der Waals surface area contributed by atoms with Crippen molar-refractivity contribution in [3.63, 3.8) is 0 Å². The topological polar surface area (TPSA) is 3.24 Å². The third-order valence-corrected chi connectivity index (χ3v) is 14.6. The van der Waals surface area contributed by atoms with Crippen LogP contribution in [0.4, 0.5) is 0 Å². The third-order valence-electron chi connectivity index (χ3n) is 7.87. The van der Waals surface area contributed by atoms with Gasteiger partial charge in [0.1, 0.15) is 0 Å². The van der Waals surface area contributed by atoms with Gasteiger partial charge < -0.3 is 4.57 Å². The van der Waals surface area contributed by atoms with E-state index in [2.05, 4.69) is 136 Å². The van der Waals surface area contributed by atoms with Crippen molar-refractivity contribution in [2.75, 3.05) is 6.54 Å². The SMILES string of the molecule is CCCCCCCCN(/C=C(/C[Si](C)(C)c1ccccc1)c1ccc(C)cc1)[Si](C)(C)c1ccccc1. The van der Waals surface area contributed by atoms with Crippen LogP contribution in [0.5, 0.6) is 0 Å². The van der Waals surface area contributed by atoms with Crippen LogP contribution in [0.25, 0.3) is 5.57 Å². The maximum absolute atomic E-state index is 2.78. The Morgan fingerprint density at radius 2 is 1.22 bits per heavy atom. The lowest BCUT2D eigenvalue weighted by Crippen LogP contribution is -2.56. The van der Waals surface area contributed by atoms with Gasteiger partial charge in [0.25, 0.3) is 0 Å². The lowest BCUT2D eigenvalue weighted by atomic mass is 10.1. The normalized spacial score (nSPS) is 12.5. The average Bonchev–Trinajstić information content (AvgIpc) is 2.90. The molecule has 0 atom stereocenters. The predicted octanol–water partition coefficient (Wildman–Crippen LogP) is 8.73. The molecule has 198 valence electrons. The molecule has 0 fully saturated rings. The van der Waals surface area contributed by atoms with E-state index >= 15 is 0 Å². The predicted molar refractivity (Wildman–Crippen MR) is 171 cm³/mol. The van der Waals surface area contributed by atoms with E-state index in [-0.39, 0.29) is 0 Å². The number of unbranched alkanes of at least 4 members (excludes halogenated alkanes) is 5. The molecule has 37 heavy (non-hydrogen) atoms. The Morgan fingerprint density at radius 3 is 1.81 bits per heavy atom. The molecule has 0 heterocycles. The maximum Gasteiger partial charge on any atom is 0.181 e. The summed E-state index contributed by atoms with van der Waals surface area (Å²) in [6.07, 6.45) is 10.6. The summed E-state index contributed by atoms with van der Waals surface area (Å²) in [6.45, 7) is 15.7. The molecule has 0 saturated heterocycles. The minimum atomic E-state index is -1.87. The van der Waals surface area contributed by atoms with Crippen LogP contribution in [0.2, 0.25) is 32.2 Å². The summed E-state index contributed by atoms with van der Waals surface area (Å²) >= 11 is 0. The van der Waals surface area contributed by atoms with E-state index in [0.29, 0.717) is 0 Å². The molecule has 0 amide bonds. The summed E-state index contributed by atoms with van der Waals surface area (Å²) in [5.74, 6) is 0. The second-order valence-corrected chi connectivity index (χ2v) is 20.8. The van der Waals surface area contributed by atoms with Crippen molar-refractivity contribution in [3.05, 3.63) is 102 Å². The fourth-order valence-electron chi connectivity index (χ4n) is 5.23. The Morgan fingerprint density at radius 1 is 0.676 bits per heavy atom. The highest BCUT2D eigenvalue weighted by atomic mass is 28.3. The Balaban J connectivity index is 1.98. The molecule has 0 radical (unpaired) electrons. The number of hydrogen-bond acceptors (Lipinski definition) is 1. The summed E-state index contributed by atoms with van der Waals surface area (Å²) in [7, 11) is -3.55. The molecule has 3 aromatic rings. The smallest absolute Gasteiger partial charge is 0.181 e. The summed E-state index contributed by atoms with van der Waals surface area (Å²) in [6, 6.07) is 32.9. The fourth-order valence-corrected chi connectivity index (χ4v) is 10.3. The van der Waals surface area contributed by atoms with Crippen LogP contribution >= 0.6 is 0 Å². The van der Waals surface area contributed by atoms with Crippen LogP contribution in [0.15, 0.2) is 91.1 Å². The van der Waals surface area contributed by atoms with Gasteiger partial charge in [0.05, 0.1) is 8.07 Å². The lowest BCUT2D eigenvalue weighted by Gasteiger charge is -2.38. The highest BCUT2D eigenvalue weighted by molar-refractivity contribution is 6.91. The quantitative estimate of drug-likeness (QED) is 0.150. The fraction of sp³-hybridized carbons (Fsp3) is 0.412. The van der Waals surface area contributed by atoms with Crippen molar-refractivity contribution in [1.29, 1.82) is 0 Å². The van der Waals surface area contributed by atoms with Crippen molar-refractivity contribution in [2.45, 2.75) is 84.6 Å². The molecular formula is C34H49NSi2. The van der Waals surface area contributed by atoms with Gasteiger partial charge in [-0.05, 0) is 55.0 Å². The molecule has 3 heteroatoms. The minimum absolute atomic E-state index is 1.14. The van der Waals surface area contributed by atoms with Crippen LogP contribution in [0.1, 0.15) is 56.6 Å². The van der Waals surface area contributed by atoms with Crippen molar-refractivity contribution < 1.29 is 0 Å². The first-order valence-electron chi connectivity index (χ1n) is 14.4. The first-order valence-corrected chi connectivity index (χ1v) is 20.5. The lowest BCUT2D eigenvalue weighted by molar-refractivity contribution is 0.506. The standard InChI is InChI=1S/C34H49NSi2/c1-7-8-9-10-11-18-27-35(37(5,6)34-21-16-13-17-22-34)28-32(31-25-23-30(2)24-26-31)29-36(3,4)33-19-14-12-15-20-33/h12-17,19-26,28H,7-11,18,27,29H2,1-6H3/b32-28-. The zero-order valence-electron chi connectivity index (χ0n) is 24.3. The zero-order valence-corrected chi connectivity index (χ0v) is 26.3. The van der Waals surface area contributed by atoms with Gasteiger partial charge in [-0.25, -0.2) is 0 Å². The highest BCUT2D eigenvalue weighted by Gasteiger charge is 2.31. The number of allylic oxidation sites excluding steroid dienone is 1. The largest absolute Gasteiger partial charge is 0.399 e. The molecule has 3 rings (SSSR count). The van der Waals surface area contributed by atoms with Gasteiger partial charge in [-0.15, -0.1) is 0 Å². The van der Waals surface area contributed by atoms with Crippen molar-refractivity contribution in [3.8, 4) is 0 Å². The zero-order chi connectivity index (χ0) is 26.7. The molecule has 0 saturated carbocycles. The Labute approximate surface area is 229 Å². The monoisotopic (exact) mass is 527 g/mol. The van der Waals surface area contributed by atoms with Crippen LogP contribution in [0.3, 0.4) is 0 Å². The van der Waals surface area contributed by atoms with Gasteiger partial charge in [0.15, 0.2) is 8.24 Å². The molecule has 0 unspecified atom stereocenters. The van der Waals surface area contributed by atoms with E-state index in [1.807, 2.05) is 0 Å². The number of aryl methyl sites for hydroxylation is 1. The summed E-state index contributed by atoms with van der Waals surface area (Å²) < 4.78 is 2.78. The van der Waals surface area contributed by atoms with E-state index in [4.69, 9.17) is 0 Å².